The Morgan fingerprint density at radius 2 is 0.571 bits per heavy atom. The van der Waals surface area contributed by atoms with E-state index in [1.165, 1.54) is 0 Å². The number of rotatable bonds is 0. The predicted octanol–water partition coefficient (Wildman–Crippen LogP) is -0.896. The SMILES string of the molecule is [O]=[V]12[O][V]3(=[O])[O][V](=[O])([O]1)[O][V](=[O])([O]2)[O]3. The summed E-state index contributed by atoms with van der Waals surface area (Å²) in [5.74, 6) is 0. The average Bonchev–Trinajstić information content (AvgIpc) is 1.67. The molecule has 0 aromatic rings. The molecule has 0 N–H and O–H groups in total. The minimum absolute atomic E-state index is 4.28. The van der Waals surface area contributed by atoms with Gasteiger partial charge in [0.2, 0.25) is 0 Å². The van der Waals surface area contributed by atoms with E-state index in [4.69, 9.17) is 0 Å². The molecule has 4 aliphatic heterocycles. The van der Waals surface area contributed by atoms with Gasteiger partial charge in [-0.25, -0.2) is 0 Å². The van der Waals surface area contributed by atoms with E-state index in [2.05, 4.69) is 15.5 Å². The summed E-state index contributed by atoms with van der Waals surface area (Å²) >= 11 is -20.0. The molecule has 10 nitrogen and oxygen atoms in total. The maximum absolute atomic E-state index is 11.4. The molecule has 0 atom stereocenters. The minimum atomic E-state index is -5.01. The molecule has 0 aromatic carbocycles. The van der Waals surface area contributed by atoms with Gasteiger partial charge in [-0.15, -0.1) is 0 Å². The van der Waals surface area contributed by atoms with Gasteiger partial charge in [0.15, 0.2) is 0 Å². The summed E-state index contributed by atoms with van der Waals surface area (Å²) in [4.78, 5) is 0. The molecule has 4 aliphatic rings. The van der Waals surface area contributed by atoms with Crippen molar-refractivity contribution in [2.45, 2.75) is 0 Å². The van der Waals surface area contributed by atoms with Crippen molar-refractivity contribution in [1.82, 2.24) is 0 Å². The Morgan fingerprint density at radius 1 is 0.429 bits per heavy atom. The number of hydrogen-bond donors (Lipinski definition) is 0. The van der Waals surface area contributed by atoms with Crippen LogP contribution in [-0.2, 0) is 90.3 Å². The molecule has 0 saturated carbocycles. The molecule has 0 spiro atoms. The van der Waals surface area contributed by atoms with Crippen LogP contribution in [0.1, 0.15) is 0 Å². The molecule has 4 fully saturated rings. The van der Waals surface area contributed by atoms with E-state index in [9.17, 15) is 14.7 Å². The van der Waals surface area contributed by atoms with Crippen molar-refractivity contribution in [3.63, 3.8) is 0 Å². The first-order valence-corrected chi connectivity index (χ1v) is 12.0. The normalized spacial score (nSPS) is 65.7. The maximum atomic E-state index is 11.4. The molecule has 14 heavy (non-hydrogen) atoms. The van der Waals surface area contributed by atoms with Crippen molar-refractivity contribution < 1.29 is 90.3 Å². The fourth-order valence-corrected chi connectivity index (χ4v) is 25.0. The zero-order valence-electron chi connectivity index (χ0n) is 5.87. The summed E-state index contributed by atoms with van der Waals surface area (Å²) < 4.78 is 71.3. The molecule has 0 radical (unpaired) electrons. The molecule has 0 unspecified atom stereocenters. The predicted molar refractivity (Wildman–Crippen MR) is 9.26 cm³/mol. The zero-order chi connectivity index (χ0) is 10.2. The van der Waals surface area contributed by atoms with Crippen LogP contribution < -0.4 is 0 Å². The van der Waals surface area contributed by atoms with E-state index in [0.29, 0.717) is 0 Å². The average molecular weight is 364 g/mol. The Hall–Kier alpha value is 1.30. The first-order valence-electron chi connectivity index (χ1n) is 2.92. The molecule has 0 aromatic heterocycles. The van der Waals surface area contributed by atoms with Crippen LogP contribution in [0.3, 0.4) is 0 Å². The molecule has 4 heterocycles. The van der Waals surface area contributed by atoms with Crippen LogP contribution in [0.15, 0.2) is 0 Å². The molecular formula is O10V4. The van der Waals surface area contributed by atoms with Gasteiger partial charge in [0.05, 0.1) is 0 Å². The fourth-order valence-electron chi connectivity index (χ4n) is 0.914. The monoisotopic (exact) mass is 364 g/mol. The van der Waals surface area contributed by atoms with E-state index in [1.807, 2.05) is 0 Å². The summed E-state index contributed by atoms with van der Waals surface area (Å²) in [5, 5.41) is 0. The van der Waals surface area contributed by atoms with Crippen molar-refractivity contribution in [3.8, 4) is 0 Å². The molecule has 0 aliphatic carbocycles. The standard InChI is InChI=1S/10O.4V. The van der Waals surface area contributed by atoms with Gasteiger partial charge in [-0.3, -0.25) is 0 Å². The van der Waals surface area contributed by atoms with Gasteiger partial charge in [-0.1, -0.05) is 0 Å². The third kappa shape index (κ3) is 1.45. The fraction of sp³-hybridized carbons (Fsp3) is 0. The van der Waals surface area contributed by atoms with E-state index in [-0.39, 0.29) is 0 Å². The van der Waals surface area contributed by atoms with Crippen LogP contribution in [-0.4, -0.2) is 0 Å². The van der Waals surface area contributed by atoms with Crippen molar-refractivity contribution in [3.05, 3.63) is 0 Å². The van der Waals surface area contributed by atoms with Gasteiger partial charge in [0.25, 0.3) is 0 Å². The Labute approximate surface area is 89.5 Å². The molecular weight excluding hydrogens is 364 g/mol. The van der Waals surface area contributed by atoms with Crippen molar-refractivity contribution in [1.29, 1.82) is 0 Å². The van der Waals surface area contributed by atoms with Crippen molar-refractivity contribution in [2.75, 3.05) is 0 Å². The summed E-state index contributed by atoms with van der Waals surface area (Å²) in [5.41, 5.74) is 0. The van der Waals surface area contributed by atoms with Gasteiger partial charge in [-0.05, 0) is 0 Å². The van der Waals surface area contributed by atoms with Gasteiger partial charge in [-0.2, -0.15) is 0 Å². The molecule has 4 bridgehead atoms. The van der Waals surface area contributed by atoms with Gasteiger partial charge in [0.1, 0.15) is 0 Å². The Morgan fingerprint density at radius 3 is 0.714 bits per heavy atom. The molecule has 0 amide bonds. The van der Waals surface area contributed by atoms with Crippen LogP contribution in [0.25, 0.3) is 0 Å². The first kappa shape index (κ1) is 10.5. The van der Waals surface area contributed by atoms with Crippen LogP contribution in [0.4, 0.5) is 0 Å². The third-order valence-electron chi connectivity index (χ3n) is 1.20. The first-order chi connectivity index (χ1) is 6.24. The van der Waals surface area contributed by atoms with Crippen molar-refractivity contribution >= 4 is 0 Å². The number of hydrogen-bond acceptors (Lipinski definition) is 10. The van der Waals surface area contributed by atoms with E-state index < -0.39 is 60.1 Å². The quantitative estimate of drug-likeness (QED) is 0.535. The molecule has 4 saturated heterocycles. The summed E-state index contributed by atoms with van der Waals surface area (Å²) in [6, 6.07) is 0. The second kappa shape index (κ2) is 2.58. The Kier molecular flexibility index (Phi) is 1.93. The summed E-state index contributed by atoms with van der Waals surface area (Å²) in [6.07, 6.45) is 0. The van der Waals surface area contributed by atoms with Gasteiger partial charge >= 0.3 is 90.3 Å². The summed E-state index contributed by atoms with van der Waals surface area (Å²) in [6.45, 7) is 0. The second-order valence-corrected chi connectivity index (χ2v) is 15.7. The molecule has 80 valence electrons. The second-order valence-electron chi connectivity index (χ2n) is 2.28. The topological polar surface area (TPSA) is 124 Å². The van der Waals surface area contributed by atoms with Crippen LogP contribution >= 0.6 is 0 Å². The molecule has 14 heteroatoms. The van der Waals surface area contributed by atoms with Crippen LogP contribution in [0, 0.1) is 0 Å². The van der Waals surface area contributed by atoms with Crippen molar-refractivity contribution in [2.24, 2.45) is 0 Å². The third-order valence-corrected chi connectivity index (χ3v) is 20.4. The van der Waals surface area contributed by atoms with Crippen LogP contribution in [0.5, 0.6) is 0 Å². The Bertz CT molecular complexity index is 344. The van der Waals surface area contributed by atoms with E-state index in [1.54, 1.807) is 0 Å². The molecule has 4 rings (SSSR count). The van der Waals surface area contributed by atoms with Crippen LogP contribution in [0.2, 0.25) is 0 Å². The van der Waals surface area contributed by atoms with Gasteiger partial charge in [0, 0.05) is 0 Å². The Balaban J connectivity index is 2.27. The summed E-state index contributed by atoms with van der Waals surface area (Å²) in [7, 11) is 0. The zero-order valence-corrected chi connectivity index (χ0v) is 11.5. The van der Waals surface area contributed by atoms with Gasteiger partial charge < -0.3 is 0 Å². The van der Waals surface area contributed by atoms with E-state index in [0.717, 1.165) is 0 Å². The van der Waals surface area contributed by atoms with E-state index >= 15 is 0 Å².